The second kappa shape index (κ2) is 21.0. The van der Waals surface area contributed by atoms with Crippen LogP contribution in [0.3, 0.4) is 0 Å². The molecule has 4 heterocycles. The van der Waals surface area contributed by atoms with E-state index in [2.05, 4.69) is 67.5 Å². The van der Waals surface area contributed by atoms with Crippen molar-refractivity contribution < 1.29 is 20.1 Å². The lowest BCUT2D eigenvalue weighted by Gasteiger charge is -2.08. The van der Waals surface area contributed by atoms with Crippen LogP contribution < -0.4 is 0 Å². The summed E-state index contributed by atoms with van der Waals surface area (Å²) in [5.41, 5.74) is 13.4. The van der Waals surface area contributed by atoms with Crippen LogP contribution >= 0.6 is 47.0 Å². The van der Waals surface area contributed by atoms with Crippen LogP contribution in [0.1, 0.15) is 98.1 Å². The number of carbonyl (C=O) groups excluding carboxylic acids is 1. The van der Waals surface area contributed by atoms with Gasteiger partial charge in [0, 0.05) is 67.7 Å². The van der Waals surface area contributed by atoms with Crippen molar-refractivity contribution in [2.45, 2.75) is 102 Å². The number of thioether (sulfide) groups is 4. The highest BCUT2D eigenvalue weighted by molar-refractivity contribution is 7.99. The average Bonchev–Trinajstić information content (AvgIpc) is 3.63. The van der Waals surface area contributed by atoms with Gasteiger partial charge in [-0.2, -0.15) is 0 Å². The van der Waals surface area contributed by atoms with Gasteiger partial charge in [-0.3, -0.25) is 4.79 Å². The summed E-state index contributed by atoms with van der Waals surface area (Å²) in [5, 5.41) is 33.1. The summed E-state index contributed by atoms with van der Waals surface area (Å²) >= 11 is 6.85. The molecule has 0 radical (unpaired) electrons. The van der Waals surface area contributed by atoms with Gasteiger partial charge in [0.15, 0.2) is 5.78 Å². The number of aliphatic hydroxyl groups is 3. The Morgan fingerprint density at radius 3 is 1.23 bits per heavy atom. The van der Waals surface area contributed by atoms with Crippen LogP contribution in [-0.2, 0) is 28.2 Å². The topological polar surface area (TPSA) is 97.5 Å². The first-order valence-electron chi connectivity index (χ1n) is 17.1. The third kappa shape index (κ3) is 10.1. The first-order chi connectivity index (χ1) is 24.2. The number of nitrogens with zero attached hydrogens (tertiary/aromatic N) is 4. The molecule has 2 atom stereocenters. The number of hydrogen-bond acceptors (Lipinski definition) is 8. The fourth-order valence-corrected chi connectivity index (χ4v) is 10.3. The van der Waals surface area contributed by atoms with Crippen molar-refractivity contribution >= 4 is 58.9 Å². The number of ketones is 1. The van der Waals surface area contributed by atoms with Gasteiger partial charge in [-0.05, 0) is 122 Å². The van der Waals surface area contributed by atoms with Crippen molar-refractivity contribution in [2.75, 3.05) is 31.6 Å². The Labute approximate surface area is 330 Å². The van der Waals surface area contributed by atoms with Crippen LogP contribution in [0.4, 0.5) is 0 Å². The number of rotatable bonds is 9. The van der Waals surface area contributed by atoms with E-state index in [9.17, 15) is 15.0 Å². The van der Waals surface area contributed by atoms with Crippen molar-refractivity contribution in [1.29, 1.82) is 0 Å². The summed E-state index contributed by atoms with van der Waals surface area (Å²) in [7, 11) is 8.11. The van der Waals surface area contributed by atoms with Crippen molar-refractivity contribution in [2.24, 2.45) is 28.2 Å². The zero-order valence-corrected chi connectivity index (χ0v) is 38.1. The molecule has 8 nitrogen and oxygen atoms in total. The Bertz CT molecular complexity index is 1840. The molecule has 2 unspecified atom stereocenters. The SMILES string of the molecule is C=Cc1c(C)c(SC)n(C)c1C.CSc1c(C)c(C(C)=O)c(C)n1C.CSc1c(C)c(C(C)O)c(C)n1C.CSc1c(C)c(C(O)CO)c(C)n1C. The van der Waals surface area contributed by atoms with E-state index in [0.717, 1.165) is 49.9 Å². The predicted octanol–water partition coefficient (Wildman–Crippen LogP) is 9.38. The Morgan fingerprint density at radius 1 is 0.635 bits per heavy atom. The molecule has 4 aromatic heterocycles. The highest BCUT2D eigenvalue weighted by atomic mass is 32.2. The minimum atomic E-state index is -0.762. The Morgan fingerprint density at radius 2 is 0.981 bits per heavy atom. The highest BCUT2D eigenvalue weighted by Gasteiger charge is 2.21. The summed E-state index contributed by atoms with van der Waals surface area (Å²) in [4.78, 5) is 11.3. The standard InChI is InChI=1S/C10H17NO2S.C10H17NOS.C10H15NOS.C10H15NS/c1-6-9(8(13)5-12)7(2)11(3)10(6)14-4;2*1-6-9(8(3)12)7(2)11(4)10(6)13-5;1-6-9-7(2)10(12-5)11(4)8(9)3/h8,12-13H,5H2,1-4H3;8,12H,1-5H3;1-5H3;6H,1H2,2-5H3. The maximum Gasteiger partial charge on any atom is 0.161 e. The summed E-state index contributed by atoms with van der Waals surface area (Å²) in [5.74, 6) is 0.158. The molecule has 0 saturated carbocycles. The molecule has 0 saturated heterocycles. The van der Waals surface area contributed by atoms with E-state index in [-0.39, 0.29) is 18.5 Å². The van der Waals surface area contributed by atoms with Gasteiger partial charge >= 0.3 is 0 Å². The van der Waals surface area contributed by atoms with Crippen LogP contribution in [0, 0.1) is 55.4 Å². The van der Waals surface area contributed by atoms with Crippen LogP contribution in [0.5, 0.6) is 0 Å². The average molecular weight is 793 g/mol. The predicted molar refractivity (Wildman–Crippen MR) is 229 cm³/mol. The van der Waals surface area contributed by atoms with Crippen molar-refractivity contribution in [3.63, 3.8) is 0 Å². The van der Waals surface area contributed by atoms with E-state index in [4.69, 9.17) is 5.11 Å². The molecule has 0 aliphatic heterocycles. The molecular formula is C40H64N4O4S4. The van der Waals surface area contributed by atoms with Crippen molar-refractivity contribution in [3.05, 3.63) is 73.9 Å². The molecule has 52 heavy (non-hydrogen) atoms. The quantitative estimate of drug-likeness (QED) is 0.114. The van der Waals surface area contributed by atoms with Crippen LogP contribution in [0.2, 0.25) is 0 Å². The van der Waals surface area contributed by atoms with Gasteiger partial charge in [-0.25, -0.2) is 0 Å². The lowest BCUT2D eigenvalue weighted by atomic mass is 10.1. The smallest absolute Gasteiger partial charge is 0.161 e. The molecule has 0 aliphatic carbocycles. The molecule has 4 aromatic rings. The maximum atomic E-state index is 11.3. The van der Waals surface area contributed by atoms with E-state index in [1.807, 2.05) is 78.9 Å². The molecular weight excluding hydrogens is 729 g/mol. The molecule has 0 spiro atoms. The monoisotopic (exact) mass is 792 g/mol. The van der Waals surface area contributed by atoms with Crippen LogP contribution in [-0.4, -0.2) is 71.0 Å². The lowest BCUT2D eigenvalue weighted by Crippen LogP contribution is -2.05. The van der Waals surface area contributed by atoms with E-state index in [1.54, 1.807) is 54.0 Å². The second-order valence-electron chi connectivity index (χ2n) is 12.9. The highest BCUT2D eigenvalue weighted by Crippen LogP contribution is 2.33. The van der Waals surface area contributed by atoms with Gasteiger partial charge in [0.1, 0.15) is 6.10 Å². The zero-order valence-electron chi connectivity index (χ0n) is 34.8. The Hall–Kier alpha value is -2.19. The molecule has 4 rings (SSSR count). The number of Topliss-reactive ketones (excluding diaryl/α,β-unsaturated/α-hetero) is 1. The fraction of sp³-hybridized carbons (Fsp3) is 0.525. The van der Waals surface area contributed by atoms with E-state index < -0.39 is 6.10 Å². The van der Waals surface area contributed by atoms with E-state index in [1.165, 1.54) is 37.5 Å². The third-order valence-electron chi connectivity index (χ3n) is 9.89. The molecule has 0 bridgehead atoms. The first-order valence-corrected chi connectivity index (χ1v) is 22.0. The van der Waals surface area contributed by atoms with Gasteiger partial charge in [-0.1, -0.05) is 12.7 Å². The van der Waals surface area contributed by atoms with E-state index >= 15 is 0 Å². The molecule has 0 fully saturated rings. The largest absolute Gasteiger partial charge is 0.393 e. The fourth-order valence-electron chi connectivity index (χ4n) is 7.04. The summed E-state index contributed by atoms with van der Waals surface area (Å²) in [6.07, 6.45) is 9.02. The summed E-state index contributed by atoms with van der Waals surface area (Å²) in [6.45, 7) is 23.4. The number of carbonyl (C=O) groups is 1. The molecule has 3 N–H and O–H groups in total. The molecule has 12 heteroatoms. The van der Waals surface area contributed by atoms with Crippen LogP contribution in [0.15, 0.2) is 26.7 Å². The van der Waals surface area contributed by atoms with Gasteiger partial charge in [0.25, 0.3) is 0 Å². The Kier molecular flexibility index (Phi) is 19.4. The number of hydrogen-bond donors (Lipinski definition) is 3. The Balaban J connectivity index is 0.000000347. The lowest BCUT2D eigenvalue weighted by molar-refractivity contribution is 0.0946. The number of aromatic nitrogens is 4. The zero-order chi connectivity index (χ0) is 40.5. The van der Waals surface area contributed by atoms with Gasteiger partial charge < -0.3 is 33.6 Å². The maximum absolute atomic E-state index is 11.3. The van der Waals surface area contributed by atoms with Gasteiger partial charge in [-0.15, -0.1) is 47.0 Å². The molecule has 292 valence electrons. The molecule has 0 amide bonds. The van der Waals surface area contributed by atoms with Crippen molar-refractivity contribution in [3.8, 4) is 0 Å². The number of aliphatic hydroxyl groups excluding tert-OH is 3. The van der Waals surface area contributed by atoms with Gasteiger partial charge in [0.05, 0.1) is 32.8 Å². The summed E-state index contributed by atoms with van der Waals surface area (Å²) in [6, 6.07) is 0. The molecule has 0 aromatic carbocycles. The normalized spacial score (nSPS) is 11.9. The van der Waals surface area contributed by atoms with E-state index in [0.29, 0.717) is 0 Å². The summed E-state index contributed by atoms with van der Waals surface area (Å²) < 4.78 is 8.49. The van der Waals surface area contributed by atoms with Crippen molar-refractivity contribution in [1.82, 2.24) is 18.3 Å². The first kappa shape index (κ1) is 47.8. The third-order valence-corrected chi connectivity index (χ3v) is 13.8. The molecule has 0 aliphatic rings. The van der Waals surface area contributed by atoms with Crippen LogP contribution in [0.25, 0.3) is 6.08 Å². The van der Waals surface area contributed by atoms with Gasteiger partial charge in [0.2, 0.25) is 0 Å². The minimum Gasteiger partial charge on any atom is -0.393 e. The second-order valence-corrected chi connectivity index (χ2v) is 16.0. The minimum absolute atomic E-state index is 0.158.